The van der Waals surface area contributed by atoms with E-state index in [-0.39, 0.29) is 0 Å². The quantitative estimate of drug-likeness (QED) is 0.397. The molecule has 0 amide bonds. The Labute approximate surface area is 144 Å². The number of hydrazone groups is 1. The van der Waals surface area contributed by atoms with Crippen molar-refractivity contribution in [1.82, 2.24) is 9.55 Å². The summed E-state index contributed by atoms with van der Waals surface area (Å²) in [5.41, 5.74) is 1.74. The van der Waals surface area contributed by atoms with Crippen LogP contribution in [-0.4, -0.2) is 22.4 Å². The number of imidazole rings is 1. The molecule has 0 unspecified atom stereocenters. The number of halogens is 2. The maximum absolute atomic E-state index is 6.34. The standard InChI is InChI=1S/C17H14Cl2N4/c1-22(14-8-6-13(18)7-9-14)21-17(23-11-10-20-12-23)15-4-2-3-5-16(15)19/h2-12H,1H3/b21-17+. The average Bonchev–Trinajstić information content (AvgIpc) is 3.08. The molecule has 1 aromatic heterocycles. The molecule has 0 N–H and O–H groups in total. The lowest BCUT2D eigenvalue weighted by atomic mass is 10.2. The lowest BCUT2D eigenvalue weighted by molar-refractivity contribution is 0.982. The van der Waals surface area contributed by atoms with Crippen molar-refractivity contribution < 1.29 is 0 Å². The summed E-state index contributed by atoms with van der Waals surface area (Å²) >= 11 is 12.3. The Balaban J connectivity index is 2.05. The van der Waals surface area contributed by atoms with Gasteiger partial charge in [0.15, 0.2) is 5.84 Å². The predicted octanol–water partition coefficient (Wildman–Crippen LogP) is 4.54. The molecule has 0 bridgehead atoms. The van der Waals surface area contributed by atoms with Gasteiger partial charge in [0.1, 0.15) is 6.33 Å². The Bertz CT molecular complexity index is 811. The second-order valence-electron chi connectivity index (χ2n) is 4.87. The van der Waals surface area contributed by atoms with Crippen LogP contribution in [0.1, 0.15) is 5.56 Å². The molecule has 23 heavy (non-hydrogen) atoms. The molecule has 0 spiro atoms. The van der Waals surface area contributed by atoms with Gasteiger partial charge in [-0.05, 0) is 36.4 Å². The minimum Gasteiger partial charge on any atom is -0.289 e. The molecule has 0 radical (unpaired) electrons. The Kier molecular flexibility index (Phi) is 4.65. The third-order valence-corrected chi connectivity index (χ3v) is 3.89. The van der Waals surface area contributed by atoms with Crippen LogP contribution in [0, 0.1) is 0 Å². The van der Waals surface area contributed by atoms with Gasteiger partial charge in [0.25, 0.3) is 0 Å². The van der Waals surface area contributed by atoms with Gasteiger partial charge >= 0.3 is 0 Å². The number of hydrogen-bond acceptors (Lipinski definition) is 3. The molecule has 6 heteroatoms. The fourth-order valence-electron chi connectivity index (χ4n) is 2.13. The minimum atomic E-state index is 0.629. The van der Waals surface area contributed by atoms with E-state index in [0.29, 0.717) is 15.9 Å². The predicted molar refractivity (Wildman–Crippen MR) is 95.5 cm³/mol. The molecule has 0 aliphatic carbocycles. The number of rotatable bonds is 3. The van der Waals surface area contributed by atoms with Gasteiger partial charge in [-0.1, -0.05) is 35.3 Å². The molecular weight excluding hydrogens is 331 g/mol. The normalized spacial score (nSPS) is 11.5. The van der Waals surface area contributed by atoms with E-state index in [2.05, 4.69) is 4.98 Å². The highest BCUT2D eigenvalue weighted by Crippen LogP contribution is 2.20. The number of hydrogen-bond donors (Lipinski definition) is 0. The molecule has 4 nitrogen and oxygen atoms in total. The first-order chi connectivity index (χ1) is 11.1. The van der Waals surface area contributed by atoms with Crippen LogP contribution in [0.4, 0.5) is 5.69 Å². The average molecular weight is 345 g/mol. The molecule has 116 valence electrons. The maximum atomic E-state index is 6.34. The monoisotopic (exact) mass is 344 g/mol. The van der Waals surface area contributed by atoms with Crippen molar-refractivity contribution in [1.29, 1.82) is 0 Å². The van der Waals surface area contributed by atoms with Gasteiger partial charge in [0.05, 0.1) is 10.7 Å². The first kappa shape index (κ1) is 15.6. The van der Waals surface area contributed by atoms with Gasteiger partial charge in [-0.3, -0.25) is 9.58 Å². The van der Waals surface area contributed by atoms with Gasteiger partial charge in [-0.2, -0.15) is 5.10 Å². The molecule has 3 rings (SSSR count). The lowest BCUT2D eigenvalue weighted by Gasteiger charge is -2.17. The number of aromatic nitrogens is 2. The SMILES string of the molecule is CN(/N=C(\c1ccccc1Cl)n1ccnc1)c1ccc(Cl)cc1. The third-order valence-electron chi connectivity index (χ3n) is 3.31. The van der Waals surface area contributed by atoms with Crippen molar-refractivity contribution in [2.75, 3.05) is 12.1 Å². The zero-order chi connectivity index (χ0) is 16.2. The fraction of sp³-hybridized carbons (Fsp3) is 0.0588. The highest BCUT2D eigenvalue weighted by molar-refractivity contribution is 6.34. The Morgan fingerprint density at radius 3 is 2.48 bits per heavy atom. The second kappa shape index (κ2) is 6.86. The first-order valence-electron chi connectivity index (χ1n) is 6.96. The summed E-state index contributed by atoms with van der Waals surface area (Å²) in [6.45, 7) is 0. The van der Waals surface area contributed by atoms with Crippen LogP contribution < -0.4 is 5.01 Å². The highest BCUT2D eigenvalue weighted by Gasteiger charge is 2.12. The Morgan fingerprint density at radius 1 is 1.09 bits per heavy atom. The van der Waals surface area contributed by atoms with Crippen molar-refractivity contribution in [3.8, 4) is 0 Å². The van der Waals surface area contributed by atoms with Crippen LogP contribution in [0.3, 0.4) is 0 Å². The first-order valence-corrected chi connectivity index (χ1v) is 7.72. The van der Waals surface area contributed by atoms with E-state index in [1.807, 2.05) is 66.3 Å². The summed E-state index contributed by atoms with van der Waals surface area (Å²) in [6, 6.07) is 15.1. The van der Waals surface area contributed by atoms with Crippen LogP contribution >= 0.6 is 23.2 Å². The molecule has 0 saturated carbocycles. The van der Waals surface area contributed by atoms with Gasteiger partial charge in [-0.15, -0.1) is 0 Å². The van der Waals surface area contributed by atoms with Crippen LogP contribution in [0.25, 0.3) is 0 Å². The summed E-state index contributed by atoms with van der Waals surface area (Å²) in [4.78, 5) is 4.09. The largest absolute Gasteiger partial charge is 0.289 e. The van der Waals surface area contributed by atoms with Gasteiger partial charge in [-0.25, -0.2) is 4.98 Å². The van der Waals surface area contributed by atoms with Gasteiger partial charge in [0, 0.05) is 30.0 Å². The molecule has 0 fully saturated rings. The molecule has 0 aliphatic rings. The number of nitrogens with zero attached hydrogens (tertiary/aromatic N) is 4. The van der Waals surface area contributed by atoms with E-state index in [1.54, 1.807) is 17.5 Å². The van der Waals surface area contributed by atoms with E-state index in [0.717, 1.165) is 11.3 Å². The maximum Gasteiger partial charge on any atom is 0.167 e. The van der Waals surface area contributed by atoms with E-state index in [1.165, 1.54) is 0 Å². The third kappa shape index (κ3) is 3.55. The van der Waals surface area contributed by atoms with Crippen LogP contribution in [-0.2, 0) is 0 Å². The van der Waals surface area contributed by atoms with Gasteiger partial charge in [0.2, 0.25) is 0 Å². The molecule has 0 atom stereocenters. The molecule has 0 saturated heterocycles. The summed E-state index contributed by atoms with van der Waals surface area (Å²) in [6.07, 6.45) is 5.23. The smallest absolute Gasteiger partial charge is 0.167 e. The van der Waals surface area contributed by atoms with Crippen molar-refractivity contribution in [2.45, 2.75) is 0 Å². The zero-order valence-corrected chi connectivity index (χ0v) is 13.9. The van der Waals surface area contributed by atoms with Crippen LogP contribution in [0.15, 0.2) is 72.4 Å². The molecule has 3 aromatic rings. The van der Waals surface area contributed by atoms with Crippen molar-refractivity contribution in [3.05, 3.63) is 82.9 Å². The summed E-state index contributed by atoms with van der Waals surface area (Å²) in [5.74, 6) is 0.686. The van der Waals surface area contributed by atoms with Crippen molar-refractivity contribution in [3.63, 3.8) is 0 Å². The summed E-state index contributed by atoms with van der Waals surface area (Å²) in [7, 11) is 1.87. The molecule has 0 aliphatic heterocycles. The minimum absolute atomic E-state index is 0.629. The topological polar surface area (TPSA) is 33.4 Å². The second-order valence-corrected chi connectivity index (χ2v) is 5.72. The van der Waals surface area contributed by atoms with E-state index in [9.17, 15) is 0 Å². The lowest BCUT2D eigenvalue weighted by Crippen LogP contribution is -2.19. The Morgan fingerprint density at radius 2 is 1.83 bits per heavy atom. The van der Waals surface area contributed by atoms with E-state index in [4.69, 9.17) is 28.3 Å². The zero-order valence-electron chi connectivity index (χ0n) is 12.4. The van der Waals surface area contributed by atoms with Crippen molar-refractivity contribution in [2.24, 2.45) is 5.10 Å². The summed E-state index contributed by atoms with van der Waals surface area (Å²) < 4.78 is 1.83. The Hall–Kier alpha value is -2.30. The van der Waals surface area contributed by atoms with E-state index >= 15 is 0 Å². The van der Waals surface area contributed by atoms with Crippen molar-refractivity contribution >= 4 is 34.7 Å². The van der Waals surface area contributed by atoms with Gasteiger partial charge < -0.3 is 0 Å². The number of benzene rings is 2. The summed E-state index contributed by atoms with van der Waals surface area (Å²) in [5, 5.41) is 7.78. The van der Waals surface area contributed by atoms with Crippen LogP contribution in [0.5, 0.6) is 0 Å². The highest BCUT2D eigenvalue weighted by atomic mass is 35.5. The molecule has 1 heterocycles. The van der Waals surface area contributed by atoms with E-state index < -0.39 is 0 Å². The fourth-order valence-corrected chi connectivity index (χ4v) is 2.47. The molecular formula is C17H14Cl2N4. The molecule has 2 aromatic carbocycles. The van der Waals surface area contributed by atoms with Crippen LogP contribution in [0.2, 0.25) is 10.0 Å². The number of anilines is 1.